The first kappa shape index (κ1) is 10.1. The summed E-state index contributed by atoms with van der Waals surface area (Å²) in [6.45, 7) is 5.22. The largest absolute Gasteiger partial charge is 0.302 e. The van der Waals surface area contributed by atoms with Gasteiger partial charge in [0.15, 0.2) is 5.78 Å². The van der Waals surface area contributed by atoms with E-state index in [1.54, 1.807) is 6.07 Å². The maximum atomic E-state index is 11.0. The van der Waals surface area contributed by atoms with Gasteiger partial charge in [-0.3, -0.25) is 4.79 Å². The van der Waals surface area contributed by atoms with Crippen molar-refractivity contribution in [2.24, 2.45) is 0 Å². The smallest absolute Gasteiger partial charge is 0.169 e. The lowest BCUT2D eigenvalue weighted by Crippen LogP contribution is -2.16. The Labute approximate surface area is 81.6 Å². The monoisotopic (exact) mass is 196 g/mol. The summed E-state index contributed by atoms with van der Waals surface area (Å²) in [6, 6.07) is 3.61. The Kier molecular flexibility index (Phi) is 2.66. The molecule has 0 unspecified atom stereocenters. The van der Waals surface area contributed by atoms with E-state index < -0.39 is 5.41 Å². The van der Waals surface area contributed by atoms with Crippen molar-refractivity contribution in [2.75, 3.05) is 0 Å². The minimum atomic E-state index is -0.474. The summed E-state index contributed by atoms with van der Waals surface area (Å²) in [5.41, 5.74) is -0.474. The lowest BCUT2D eigenvalue weighted by molar-refractivity contribution is -0.111. The molecule has 1 rings (SSSR count). The standard InChI is InChI=1S/C10H12O2S/c1-7(12)8-4-5-9(13-8)10(2,3)6-11/h4-6H,1-3H3. The molecule has 0 amide bonds. The highest BCUT2D eigenvalue weighted by Gasteiger charge is 2.22. The molecule has 13 heavy (non-hydrogen) atoms. The highest BCUT2D eigenvalue weighted by molar-refractivity contribution is 7.14. The van der Waals surface area contributed by atoms with E-state index in [-0.39, 0.29) is 5.78 Å². The van der Waals surface area contributed by atoms with Gasteiger partial charge in [0.25, 0.3) is 0 Å². The van der Waals surface area contributed by atoms with Crippen LogP contribution >= 0.6 is 11.3 Å². The van der Waals surface area contributed by atoms with Gasteiger partial charge in [0.05, 0.1) is 10.3 Å². The van der Waals surface area contributed by atoms with Crippen LogP contribution in [0.2, 0.25) is 0 Å². The molecule has 1 aromatic heterocycles. The Morgan fingerprint density at radius 1 is 1.46 bits per heavy atom. The van der Waals surface area contributed by atoms with Crippen LogP contribution in [0.1, 0.15) is 35.3 Å². The normalized spacial score (nSPS) is 11.3. The quantitative estimate of drug-likeness (QED) is 0.549. The fourth-order valence-corrected chi connectivity index (χ4v) is 1.90. The van der Waals surface area contributed by atoms with Crippen LogP contribution in [0.4, 0.5) is 0 Å². The molecule has 70 valence electrons. The highest BCUT2D eigenvalue weighted by atomic mass is 32.1. The van der Waals surface area contributed by atoms with Crippen molar-refractivity contribution in [3.63, 3.8) is 0 Å². The van der Waals surface area contributed by atoms with E-state index in [1.165, 1.54) is 18.3 Å². The van der Waals surface area contributed by atoms with Crippen molar-refractivity contribution in [3.8, 4) is 0 Å². The molecule has 3 heteroatoms. The molecular weight excluding hydrogens is 184 g/mol. The van der Waals surface area contributed by atoms with Crippen LogP contribution in [0.15, 0.2) is 12.1 Å². The number of ketones is 1. The maximum absolute atomic E-state index is 11.0. The predicted octanol–water partition coefficient (Wildman–Crippen LogP) is 2.43. The number of rotatable bonds is 3. The van der Waals surface area contributed by atoms with Gasteiger partial charge in [-0.05, 0) is 32.9 Å². The summed E-state index contributed by atoms with van der Waals surface area (Å²) in [5.74, 6) is 0.0537. The minimum absolute atomic E-state index is 0.0537. The van der Waals surface area contributed by atoms with Crippen LogP contribution in [-0.2, 0) is 10.2 Å². The van der Waals surface area contributed by atoms with Gasteiger partial charge in [-0.15, -0.1) is 11.3 Å². The molecule has 1 aromatic rings. The molecular formula is C10H12O2S. The van der Waals surface area contributed by atoms with Gasteiger partial charge in [0, 0.05) is 4.88 Å². The molecule has 2 nitrogen and oxygen atoms in total. The summed E-state index contributed by atoms with van der Waals surface area (Å²) < 4.78 is 0. The zero-order chi connectivity index (χ0) is 10.1. The molecule has 0 aliphatic heterocycles. The van der Waals surface area contributed by atoms with Gasteiger partial charge in [0.2, 0.25) is 0 Å². The Balaban J connectivity index is 3.05. The van der Waals surface area contributed by atoms with Crippen LogP contribution in [0, 0.1) is 0 Å². The molecule has 0 aliphatic carbocycles. The van der Waals surface area contributed by atoms with E-state index in [4.69, 9.17) is 0 Å². The van der Waals surface area contributed by atoms with E-state index in [1.807, 2.05) is 19.9 Å². The summed E-state index contributed by atoms with van der Waals surface area (Å²) in [4.78, 5) is 23.4. The van der Waals surface area contributed by atoms with Crippen LogP contribution in [0.3, 0.4) is 0 Å². The van der Waals surface area contributed by atoms with Crippen LogP contribution < -0.4 is 0 Å². The number of aldehydes is 1. The molecule has 0 atom stereocenters. The van der Waals surface area contributed by atoms with Gasteiger partial charge in [-0.2, -0.15) is 0 Å². The van der Waals surface area contributed by atoms with E-state index >= 15 is 0 Å². The summed E-state index contributed by atoms with van der Waals surface area (Å²) in [7, 11) is 0. The average Bonchev–Trinajstić information content (AvgIpc) is 2.52. The van der Waals surface area contributed by atoms with Gasteiger partial charge in [0.1, 0.15) is 6.29 Å². The van der Waals surface area contributed by atoms with E-state index in [0.29, 0.717) is 4.88 Å². The molecule has 0 aromatic carbocycles. The highest BCUT2D eigenvalue weighted by Crippen LogP contribution is 2.28. The molecule has 0 saturated carbocycles. The molecule has 0 spiro atoms. The van der Waals surface area contributed by atoms with Crippen molar-refractivity contribution in [1.29, 1.82) is 0 Å². The fourth-order valence-electron chi connectivity index (χ4n) is 0.931. The number of carbonyl (C=O) groups is 2. The number of hydrogen-bond acceptors (Lipinski definition) is 3. The Hall–Kier alpha value is -0.960. The molecule has 1 heterocycles. The van der Waals surface area contributed by atoms with Crippen LogP contribution in [-0.4, -0.2) is 12.1 Å². The molecule has 0 saturated heterocycles. The van der Waals surface area contributed by atoms with E-state index in [9.17, 15) is 9.59 Å². The van der Waals surface area contributed by atoms with Crippen LogP contribution in [0.5, 0.6) is 0 Å². The van der Waals surface area contributed by atoms with Gasteiger partial charge < -0.3 is 4.79 Å². The molecule has 0 fully saturated rings. The van der Waals surface area contributed by atoms with E-state index in [0.717, 1.165) is 11.2 Å². The lowest BCUT2D eigenvalue weighted by Gasteiger charge is -2.13. The van der Waals surface area contributed by atoms with Crippen molar-refractivity contribution < 1.29 is 9.59 Å². The summed E-state index contributed by atoms with van der Waals surface area (Å²) >= 11 is 1.39. The second kappa shape index (κ2) is 3.42. The van der Waals surface area contributed by atoms with Gasteiger partial charge >= 0.3 is 0 Å². The predicted molar refractivity (Wildman–Crippen MR) is 53.4 cm³/mol. The third-order valence-electron chi connectivity index (χ3n) is 1.88. The van der Waals surface area contributed by atoms with Gasteiger partial charge in [-0.1, -0.05) is 0 Å². The fraction of sp³-hybridized carbons (Fsp3) is 0.400. The third-order valence-corrected chi connectivity index (χ3v) is 3.41. The topological polar surface area (TPSA) is 34.1 Å². The average molecular weight is 196 g/mol. The Morgan fingerprint density at radius 3 is 2.46 bits per heavy atom. The van der Waals surface area contributed by atoms with Crippen molar-refractivity contribution in [3.05, 3.63) is 21.9 Å². The molecule has 0 N–H and O–H groups in total. The molecule has 0 bridgehead atoms. The first-order valence-electron chi connectivity index (χ1n) is 4.05. The first-order chi connectivity index (χ1) is 5.97. The zero-order valence-electron chi connectivity index (χ0n) is 7.96. The third kappa shape index (κ3) is 2.04. The number of hydrogen-bond donors (Lipinski definition) is 0. The lowest BCUT2D eigenvalue weighted by atomic mass is 9.94. The second-order valence-corrected chi connectivity index (χ2v) is 4.64. The first-order valence-corrected chi connectivity index (χ1v) is 4.86. The zero-order valence-corrected chi connectivity index (χ0v) is 8.77. The maximum Gasteiger partial charge on any atom is 0.169 e. The van der Waals surface area contributed by atoms with E-state index in [2.05, 4.69) is 0 Å². The van der Waals surface area contributed by atoms with Gasteiger partial charge in [-0.25, -0.2) is 0 Å². The number of carbonyl (C=O) groups excluding carboxylic acids is 2. The second-order valence-electron chi connectivity index (χ2n) is 3.56. The molecule has 0 aliphatic rings. The molecule has 0 radical (unpaired) electrons. The minimum Gasteiger partial charge on any atom is -0.302 e. The number of Topliss-reactive ketones (excluding diaryl/α,β-unsaturated/α-hetero) is 1. The number of thiophene rings is 1. The van der Waals surface area contributed by atoms with Crippen LogP contribution in [0.25, 0.3) is 0 Å². The van der Waals surface area contributed by atoms with Crippen molar-refractivity contribution >= 4 is 23.4 Å². The van der Waals surface area contributed by atoms with Crippen molar-refractivity contribution in [2.45, 2.75) is 26.2 Å². The Morgan fingerprint density at radius 2 is 2.08 bits per heavy atom. The SMILES string of the molecule is CC(=O)c1ccc(C(C)(C)C=O)s1. The summed E-state index contributed by atoms with van der Waals surface area (Å²) in [6.07, 6.45) is 0.906. The summed E-state index contributed by atoms with van der Waals surface area (Å²) in [5, 5.41) is 0. The Bertz CT molecular complexity index is 336. The van der Waals surface area contributed by atoms with Crippen molar-refractivity contribution in [1.82, 2.24) is 0 Å².